The number of nitrogens with one attached hydrogen (secondary N) is 1. The first-order chi connectivity index (χ1) is 12.1. The molecule has 1 N–H and O–H groups in total. The molecule has 0 spiro atoms. The molecule has 4 aromatic rings. The van der Waals surface area contributed by atoms with Crippen LogP contribution in [0.5, 0.6) is 0 Å². The zero-order chi connectivity index (χ0) is 17.4. The lowest BCUT2D eigenvalue weighted by Gasteiger charge is -2.10. The first-order valence-corrected chi connectivity index (χ1v) is 8.64. The van der Waals surface area contributed by atoms with E-state index >= 15 is 0 Å². The predicted molar refractivity (Wildman–Crippen MR) is 100 cm³/mol. The second kappa shape index (κ2) is 6.27. The molecular weight excluding hydrogens is 358 g/mol. The molecule has 0 bridgehead atoms. The van der Waals surface area contributed by atoms with Gasteiger partial charge in [-0.05, 0) is 30.7 Å². The summed E-state index contributed by atoms with van der Waals surface area (Å²) < 4.78 is 1.92. The van der Waals surface area contributed by atoms with E-state index in [0.29, 0.717) is 32.0 Å². The number of nitrogens with zero attached hydrogens (tertiary/aromatic N) is 4. The van der Waals surface area contributed by atoms with Gasteiger partial charge in [0.25, 0.3) is 5.56 Å². The van der Waals surface area contributed by atoms with E-state index in [9.17, 15) is 4.79 Å². The van der Waals surface area contributed by atoms with Crippen LogP contribution in [0.3, 0.4) is 0 Å². The Morgan fingerprint density at radius 1 is 1.16 bits per heavy atom. The average Bonchev–Trinajstić information content (AvgIpc) is 3.01. The van der Waals surface area contributed by atoms with Crippen molar-refractivity contribution in [3.8, 4) is 5.69 Å². The molecule has 0 saturated carbocycles. The highest BCUT2D eigenvalue weighted by Crippen LogP contribution is 2.26. The molecule has 124 valence electrons. The number of aryl methyl sites for hydroxylation is 1. The number of hydrogen-bond acceptors (Lipinski definition) is 6. The topological polar surface area (TPSA) is 72.7 Å². The molecule has 0 unspecified atom stereocenters. The highest BCUT2D eigenvalue weighted by Gasteiger charge is 2.15. The van der Waals surface area contributed by atoms with Crippen molar-refractivity contribution >= 4 is 44.2 Å². The average molecular weight is 370 g/mol. The van der Waals surface area contributed by atoms with Crippen molar-refractivity contribution in [2.75, 3.05) is 5.32 Å². The van der Waals surface area contributed by atoms with E-state index in [0.717, 1.165) is 5.56 Å². The number of rotatable bonds is 3. The van der Waals surface area contributed by atoms with Crippen molar-refractivity contribution in [1.82, 2.24) is 19.5 Å². The third kappa shape index (κ3) is 2.88. The summed E-state index contributed by atoms with van der Waals surface area (Å²) in [7, 11) is 0. The summed E-state index contributed by atoms with van der Waals surface area (Å²) in [4.78, 5) is 25.7. The van der Waals surface area contributed by atoms with Crippen LogP contribution in [0.4, 0.5) is 10.9 Å². The Hall–Kier alpha value is -2.77. The van der Waals surface area contributed by atoms with Gasteiger partial charge < -0.3 is 5.32 Å². The van der Waals surface area contributed by atoms with Gasteiger partial charge in [-0.3, -0.25) is 9.36 Å². The van der Waals surface area contributed by atoms with Crippen LogP contribution in [0.25, 0.3) is 16.0 Å². The fourth-order valence-electron chi connectivity index (χ4n) is 2.50. The maximum Gasteiger partial charge on any atom is 0.277 e. The van der Waals surface area contributed by atoms with Crippen LogP contribution in [0.2, 0.25) is 5.02 Å². The monoisotopic (exact) mass is 369 g/mol. The maximum absolute atomic E-state index is 12.9. The Labute approximate surface area is 151 Å². The Morgan fingerprint density at radius 2 is 2.04 bits per heavy atom. The number of anilines is 2. The quantitative estimate of drug-likeness (QED) is 0.592. The second-order valence-electron chi connectivity index (χ2n) is 5.34. The number of pyridine rings is 1. The summed E-state index contributed by atoms with van der Waals surface area (Å²) in [6.45, 7) is 1.90. The van der Waals surface area contributed by atoms with Crippen LogP contribution in [-0.2, 0) is 0 Å². The summed E-state index contributed by atoms with van der Waals surface area (Å²) in [6.07, 6.45) is 3.14. The van der Waals surface area contributed by atoms with Crippen LogP contribution >= 0.6 is 22.9 Å². The zero-order valence-corrected chi connectivity index (χ0v) is 14.7. The van der Waals surface area contributed by atoms with Gasteiger partial charge in [0.2, 0.25) is 0 Å². The molecule has 6 nitrogen and oxygen atoms in total. The lowest BCUT2D eigenvalue weighted by molar-refractivity contribution is 0.952. The molecule has 0 saturated heterocycles. The maximum atomic E-state index is 12.9. The highest BCUT2D eigenvalue weighted by molar-refractivity contribution is 7.22. The van der Waals surface area contributed by atoms with Gasteiger partial charge in [-0.2, -0.15) is 4.98 Å². The molecule has 3 aromatic heterocycles. The molecule has 0 aliphatic carbocycles. The second-order valence-corrected chi connectivity index (χ2v) is 6.74. The standard InChI is InChI=1S/C17H12ClN5OS/c1-10-5-4-6-11(18)13(10)23-9-20-15-14(16(23)24)25-17(22-15)21-12-7-2-3-8-19-12/h2-9H,1H3,(H,19,21,22). The number of aromatic nitrogens is 4. The Morgan fingerprint density at radius 3 is 2.80 bits per heavy atom. The van der Waals surface area contributed by atoms with Crippen LogP contribution in [0, 0.1) is 6.92 Å². The molecule has 1 aromatic carbocycles. The molecule has 0 fully saturated rings. The molecule has 0 amide bonds. The van der Waals surface area contributed by atoms with Gasteiger partial charge in [-0.15, -0.1) is 0 Å². The van der Waals surface area contributed by atoms with E-state index in [1.165, 1.54) is 22.2 Å². The first-order valence-electron chi connectivity index (χ1n) is 7.45. The summed E-state index contributed by atoms with van der Waals surface area (Å²) >= 11 is 7.52. The minimum atomic E-state index is -0.201. The number of fused-ring (bicyclic) bond motifs is 1. The molecule has 4 rings (SSSR count). The summed E-state index contributed by atoms with van der Waals surface area (Å²) in [6, 6.07) is 11.0. The van der Waals surface area contributed by atoms with Crippen molar-refractivity contribution in [3.05, 3.63) is 69.9 Å². The minimum Gasteiger partial charge on any atom is -0.316 e. The SMILES string of the molecule is Cc1cccc(Cl)c1-n1cnc2nc(Nc3ccccn3)sc2c1=O. The molecular formula is C17H12ClN5OS. The molecule has 25 heavy (non-hydrogen) atoms. The summed E-state index contributed by atoms with van der Waals surface area (Å²) in [5, 5.41) is 4.15. The normalized spacial score (nSPS) is 11.0. The van der Waals surface area contributed by atoms with E-state index in [2.05, 4.69) is 20.3 Å². The van der Waals surface area contributed by atoms with Crippen molar-refractivity contribution in [2.45, 2.75) is 6.92 Å². The molecule has 3 heterocycles. The van der Waals surface area contributed by atoms with Crippen molar-refractivity contribution in [3.63, 3.8) is 0 Å². The number of para-hydroxylation sites is 1. The van der Waals surface area contributed by atoms with E-state index in [4.69, 9.17) is 11.6 Å². The van der Waals surface area contributed by atoms with Crippen LogP contribution in [-0.4, -0.2) is 19.5 Å². The third-order valence-electron chi connectivity index (χ3n) is 3.65. The fourth-order valence-corrected chi connectivity index (χ4v) is 3.67. The van der Waals surface area contributed by atoms with Gasteiger partial charge >= 0.3 is 0 Å². The van der Waals surface area contributed by atoms with Gasteiger partial charge in [0.15, 0.2) is 10.8 Å². The number of benzene rings is 1. The van der Waals surface area contributed by atoms with E-state index in [-0.39, 0.29) is 5.56 Å². The van der Waals surface area contributed by atoms with Crippen molar-refractivity contribution in [1.29, 1.82) is 0 Å². The van der Waals surface area contributed by atoms with Crippen molar-refractivity contribution < 1.29 is 0 Å². The molecule has 0 aliphatic heterocycles. The number of halogens is 1. The highest BCUT2D eigenvalue weighted by atomic mass is 35.5. The van der Waals surface area contributed by atoms with Crippen LogP contribution in [0.1, 0.15) is 5.56 Å². The minimum absolute atomic E-state index is 0.201. The van der Waals surface area contributed by atoms with E-state index in [1.54, 1.807) is 12.3 Å². The summed E-state index contributed by atoms with van der Waals surface area (Å²) in [5.74, 6) is 0.656. The Bertz CT molecular complexity index is 1100. The van der Waals surface area contributed by atoms with Gasteiger partial charge in [-0.1, -0.05) is 41.1 Å². The smallest absolute Gasteiger partial charge is 0.277 e. The molecule has 0 radical (unpaired) electrons. The largest absolute Gasteiger partial charge is 0.316 e. The van der Waals surface area contributed by atoms with Crippen LogP contribution in [0.15, 0.2) is 53.7 Å². The first kappa shape index (κ1) is 15.7. The van der Waals surface area contributed by atoms with Gasteiger partial charge in [0, 0.05) is 6.20 Å². The lowest BCUT2D eigenvalue weighted by atomic mass is 10.2. The van der Waals surface area contributed by atoms with Crippen LogP contribution < -0.4 is 10.9 Å². The third-order valence-corrected chi connectivity index (χ3v) is 4.90. The van der Waals surface area contributed by atoms with Crippen molar-refractivity contribution in [2.24, 2.45) is 0 Å². The van der Waals surface area contributed by atoms with E-state index < -0.39 is 0 Å². The van der Waals surface area contributed by atoms with Gasteiger partial charge in [0.05, 0.1) is 10.7 Å². The van der Waals surface area contributed by atoms with Gasteiger partial charge in [-0.25, -0.2) is 9.97 Å². The zero-order valence-electron chi connectivity index (χ0n) is 13.1. The Kier molecular flexibility index (Phi) is 3.95. The van der Waals surface area contributed by atoms with E-state index in [1.807, 2.05) is 37.3 Å². The molecule has 8 heteroatoms. The number of thiazole rings is 1. The Balaban J connectivity index is 1.82. The molecule has 0 aliphatic rings. The lowest BCUT2D eigenvalue weighted by Crippen LogP contribution is -2.19. The molecule has 0 atom stereocenters. The van der Waals surface area contributed by atoms with Gasteiger partial charge in [0.1, 0.15) is 16.8 Å². The predicted octanol–water partition coefficient (Wildman–Crippen LogP) is 3.94. The summed E-state index contributed by atoms with van der Waals surface area (Å²) in [5.41, 5.74) is 1.73. The fraction of sp³-hybridized carbons (Fsp3) is 0.0588. The number of hydrogen-bond donors (Lipinski definition) is 1.